The number of allylic oxidation sites excluding steroid dienone is 4. The quantitative estimate of drug-likeness (QED) is 0.161. The SMILES string of the molecule is C1=CC2C(c3ccccc3)=c3ccccc3=C(c3cccc4c3sc3cc(-c5c6ccccc6c(C6CCCCC6)c6ccccc56)ccc34)C2C=C1. The lowest BCUT2D eigenvalue weighted by atomic mass is 9.70. The number of hydrogen-bond donors (Lipinski definition) is 0. The highest BCUT2D eigenvalue weighted by atomic mass is 32.1. The Hall–Kier alpha value is -5.50. The highest BCUT2D eigenvalue weighted by Crippen LogP contribution is 2.48. The van der Waals surface area contributed by atoms with Gasteiger partial charge >= 0.3 is 0 Å². The molecule has 3 aliphatic carbocycles. The van der Waals surface area contributed by atoms with Crippen LogP contribution in [0.4, 0.5) is 0 Å². The zero-order valence-electron chi connectivity index (χ0n) is 29.8. The van der Waals surface area contributed by atoms with Crippen molar-refractivity contribution in [2.45, 2.75) is 38.0 Å². The largest absolute Gasteiger partial charge is 0.135 e. The first-order valence-electron chi connectivity index (χ1n) is 19.5. The molecule has 0 nitrogen and oxygen atoms in total. The van der Waals surface area contributed by atoms with Crippen molar-refractivity contribution < 1.29 is 0 Å². The standard InChI is InChI=1S/C52H40S/c1-3-16-33(17-4-1)48-37-20-7-9-22-39(37)50(40-23-10-8-21-38(40)48)35-30-31-36-45-28-15-29-46(52(45)53-47(36)32-35)51-43-26-13-11-24-41(43)49(34-18-5-2-6-19-34)42-25-12-14-27-44(42)51/h2,5-15,18-33,41,43H,1,3-4,16-17H2. The molecule has 53 heavy (non-hydrogen) atoms. The van der Waals surface area contributed by atoms with Gasteiger partial charge in [-0.25, -0.2) is 0 Å². The van der Waals surface area contributed by atoms with Gasteiger partial charge in [-0.2, -0.15) is 0 Å². The highest BCUT2D eigenvalue weighted by molar-refractivity contribution is 7.26. The third-order valence-electron chi connectivity index (χ3n) is 12.5. The van der Waals surface area contributed by atoms with Gasteiger partial charge in [0.25, 0.3) is 0 Å². The van der Waals surface area contributed by atoms with Gasteiger partial charge in [0.15, 0.2) is 0 Å². The Balaban J connectivity index is 1.15. The van der Waals surface area contributed by atoms with Gasteiger partial charge in [0.05, 0.1) is 0 Å². The molecule has 1 saturated carbocycles. The molecular formula is C52H40S. The number of rotatable bonds is 4. The summed E-state index contributed by atoms with van der Waals surface area (Å²) in [5, 5.41) is 11.1. The summed E-state index contributed by atoms with van der Waals surface area (Å²) in [5.74, 6) is 1.17. The van der Waals surface area contributed by atoms with Crippen LogP contribution in [0.25, 0.3) is 64.0 Å². The predicted molar refractivity (Wildman–Crippen MR) is 228 cm³/mol. The Bertz CT molecular complexity index is 2870. The maximum absolute atomic E-state index is 2.49. The molecule has 2 atom stereocenters. The molecule has 1 fully saturated rings. The molecule has 3 aliphatic rings. The van der Waals surface area contributed by atoms with Gasteiger partial charge < -0.3 is 0 Å². The topological polar surface area (TPSA) is 0 Å². The minimum Gasteiger partial charge on any atom is -0.135 e. The molecule has 0 saturated heterocycles. The Morgan fingerprint density at radius 2 is 1.06 bits per heavy atom. The molecule has 8 aromatic rings. The average molecular weight is 697 g/mol. The number of thiophene rings is 1. The fourth-order valence-electron chi connectivity index (χ4n) is 10.2. The Kier molecular flexibility index (Phi) is 7.37. The molecule has 1 heterocycles. The van der Waals surface area contributed by atoms with E-state index < -0.39 is 0 Å². The molecule has 0 amide bonds. The second-order valence-corrected chi connectivity index (χ2v) is 16.3. The monoisotopic (exact) mass is 696 g/mol. The fourth-order valence-corrected chi connectivity index (χ4v) is 11.5. The van der Waals surface area contributed by atoms with Crippen molar-refractivity contribution in [2.24, 2.45) is 11.8 Å². The van der Waals surface area contributed by atoms with Crippen LogP contribution in [0.5, 0.6) is 0 Å². The van der Waals surface area contributed by atoms with Gasteiger partial charge in [-0.3, -0.25) is 0 Å². The molecule has 11 rings (SSSR count). The van der Waals surface area contributed by atoms with Crippen LogP contribution in [0.2, 0.25) is 0 Å². The van der Waals surface area contributed by atoms with Crippen LogP contribution in [0.3, 0.4) is 0 Å². The normalized spacial score (nSPS) is 18.6. The van der Waals surface area contributed by atoms with Gasteiger partial charge in [-0.05, 0) is 95.8 Å². The van der Waals surface area contributed by atoms with Crippen molar-refractivity contribution in [3.05, 3.63) is 191 Å². The van der Waals surface area contributed by atoms with E-state index in [-0.39, 0.29) is 11.8 Å². The highest BCUT2D eigenvalue weighted by Gasteiger charge is 2.33. The van der Waals surface area contributed by atoms with Crippen molar-refractivity contribution >= 4 is 64.2 Å². The van der Waals surface area contributed by atoms with Crippen LogP contribution in [0, 0.1) is 11.8 Å². The predicted octanol–water partition coefficient (Wildman–Crippen LogP) is 12.8. The first-order valence-corrected chi connectivity index (χ1v) is 20.3. The number of hydrogen-bond acceptors (Lipinski definition) is 1. The minimum absolute atomic E-state index is 0.261. The zero-order valence-corrected chi connectivity index (χ0v) is 30.6. The summed E-state index contributed by atoms with van der Waals surface area (Å²) in [7, 11) is 0. The lowest BCUT2D eigenvalue weighted by molar-refractivity contribution is 0.447. The van der Waals surface area contributed by atoms with Gasteiger partial charge in [-0.15, -0.1) is 11.3 Å². The molecule has 0 N–H and O–H groups in total. The van der Waals surface area contributed by atoms with E-state index in [9.17, 15) is 0 Å². The van der Waals surface area contributed by atoms with E-state index in [0.717, 1.165) is 0 Å². The lowest BCUT2D eigenvalue weighted by Crippen LogP contribution is -2.40. The van der Waals surface area contributed by atoms with Gasteiger partial charge in [0, 0.05) is 32.0 Å². The molecule has 0 aliphatic heterocycles. The van der Waals surface area contributed by atoms with Crippen molar-refractivity contribution in [2.75, 3.05) is 0 Å². The summed E-state index contributed by atoms with van der Waals surface area (Å²) in [6.07, 6.45) is 16.0. The third kappa shape index (κ3) is 4.87. The molecule has 254 valence electrons. The summed E-state index contributed by atoms with van der Waals surface area (Å²) >= 11 is 1.97. The zero-order chi connectivity index (χ0) is 34.9. The minimum atomic E-state index is 0.261. The fraction of sp³-hybridized carbons (Fsp3) is 0.154. The van der Waals surface area contributed by atoms with Crippen LogP contribution in [-0.2, 0) is 0 Å². The van der Waals surface area contributed by atoms with Gasteiger partial charge in [-0.1, -0.05) is 177 Å². The smallest absolute Gasteiger partial charge is 0.0431 e. The van der Waals surface area contributed by atoms with Crippen molar-refractivity contribution in [1.29, 1.82) is 0 Å². The van der Waals surface area contributed by atoms with Crippen molar-refractivity contribution in [1.82, 2.24) is 0 Å². The Labute approximate surface area is 314 Å². The summed E-state index contributed by atoms with van der Waals surface area (Å²) in [5.41, 5.74) is 9.81. The molecule has 0 spiro atoms. The van der Waals surface area contributed by atoms with Crippen LogP contribution in [0.1, 0.15) is 54.7 Å². The third-order valence-corrected chi connectivity index (χ3v) is 13.7. The van der Waals surface area contributed by atoms with E-state index in [1.54, 1.807) is 5.56 Å². The van der Waals surface area contributed by atoms with Crippen molar-refractivity contribution in [3.8, 4) is 11.1 Å². The van der Waals surface area contributed by atoms with E-state index in [4.69, 9.17) is 0 Å². The maximum Gasteiger partial charge on any atom is 0.0431 e. The lowest BCUT2D eigenvalue weighted by Gasteiger charge is -2.33. The van der Waals surface area contributed by atoms with E-state index in [2.05, 4.69) is 164 Å². The van der Waals surface area contributed by atoms with E-state index >= 15 is 0 Å². The Morgan fingerprint density at radius 3 is 1.77 bits per heavy atom. The second-order valence-electron chi connectivity index (χ2n) is 15.3. The van der Waals surface area contributed by atoms with E-state index in [1.165, 1.54) is 118 Å². The summed E-state index contributed by atoms with van der Waals surface area (Å²) < 4.78 is 2.74. The van der Waals surface area contributed by atoms with Crippen LogP contribution in [-0.4, -0.2) is 0 Å². The van der Waals surface area contributed by atoms with Gasteiger partial charge in [0.2, 0.25) is 0 Å². The van der Waals surface area contributed by atoms with Gasteiger partial charge in [0.1, 0.15) is 0 Å². The van der Waals surface area contributed by atoms with Crippen LogP contribution < -0.4 is 10.4 Å². The van der Waals surface area contributed by atoms with E-state index in [0.29, 0.717) is 5.92 Å². The van der Waals surface area contributed by atoms with Crippen molar-refractivity contribution in [3.63, 3.8) is 0 Å². The summed E-state index contributed by atoms with van der Waals surface area (Å²) in [4.78, 5) is 0. The number of benzene rings is 7. The first-order chi connectivity index (χ1) is 26.3. The second kappa shape index (κ2) is 12.6. The Morgan fingerprint density at radius 1 is 0.453 bits per heavy atom. The molecule has 1 heteroatoms. The maximum atomic E-state index is 2.49. The summed E-state index contributed by atoms with van der Waals surface area (Å²) in [6, 6.07) is 52.9. The molecule has 2 unspecified atom stereocenters. The molecule has 0 bridgehead atoms. The molecule has 7 aromatic carbocycles. The molecule has 0 radical (unpaired) electrons. The van der Waals surface area contributed by atoms with Crippen LogP contribution in [0.15, 0.2) is 164 Å². The summed E-state index contributed by atoms with van der Waals surface area (Å²) in [6.45, 7) is 0. The molecule has 1 aromatic heterocycles. The van der Waals surface area contributed by atoms with E-state index in [1.807, 2.05) is 11.3 Å². The average Bonchev–Trinajstić information content (AvgIpc) is 3.61. The number of fused-ring (bicyclic) bond motifs is 7. The first kappa shape index (κ1) is 31.1. The molecular weight excluding hydrogens is 657 g/mol. The van der Waals surface area contributed by atoms with Crippen LogP contribution >= 0.6 is 11.3 Å².